The van der Waals surface area contributed by atoms with Gasteiger partial charge in [0.2, 0.25) is 11.8 Å². The van der Waals surface area contributed by atoms with Crippen molar-refractivity contribution >= 4 is 39.3 Å². The lowest BCUT2D eigenvalue weighted by molar-refractivity contribution is -0.139. The first kappa shape index (κ1) is 33.6. The zero-order valence-corrected chi connectivity index (χ0v) is 27.6. The van der Waals surface area contributed by atoms with Crippen LogP contribution in [0.15, 0.2) is 113 Å². The van der Waals surface area contributed by atoms with Crippen LogP contribution in [0.4, 0.5) is 5.69 Å². The molecule has 1 unspecified atom stereocenters. The van der Waals surface area contributed by atoms with Crippen LogP contribution >= 0.6 is 11.8 Å². The molecule has 0 fully saturated rings. The highest BCUT2D eigenvalue weighted by molar-refractivity contribution is 7.98. The second-order valence-corrected chi connectivity index (χ2v) is 13.2. The van der Waals surface area contributed by atoms with Gasteiger partial charge < -0.3 is 15.0 Å². The number of thioether (sulfide) groups is 1. The summed E-state index contributed by atoms with van der Waals surface area (Å²) in [6.07, 6.45) is 2.17. The number of aryl methyl sites for hydroxylation is 1. The minimum Gasteiger partial charge on any atom is -0.494 e. The molecule has 0 heterocycles. The van der Waals surface area contributed by atoms with Gasteiger partial charge in [0, 0.05) is 24.9 Å². The fourth-order valence-electron chi connectivity index (χ4n) is 5.01. The largest absolute Gasteiger partial charge is 0.494 e. The van der Waals surface area contributed by atoms with Crippen LogP contribution in [0, 0.1) is 6.92 Å². The second-order valence-electron chi connectivity index (χ2n) is 10.4. The Morgan fingerprint density at radius 1 is 0.889 bits per heavy atom. The number of benzene rings is 4. The van der Waals surface area contributed by atoms with Gasteiger partial charge in [-0.25, -0.2) is 8.42 Å². The van der Waals surface area contributed by atoms with Crippen LogP contribution in [0.3, 0.4) is 0 Å². The van der Waals surface area contributed by atoms with E-state index in [0.717, 1.165) is 25.9 Å². The van der Waals surface area contributed by atoms with E-state index in [-0.39, 0.29) is 23.8 Å². The van der Waals surface area contributed by atoms with Gasteiger partial charge in [-0.05, 0) is 79.8 Å². The van der Waals surface area contributed by atoms with Crippen LogP contribution in [0.5, 0.6) is 5.75 Å². The predicted molar refractivity (Wildman–Crippen MR) is 180 cm³/mol. The number of nitrogens with one attached hydrogen (secondary N) is 1. The lowest BCUT2D eigenvalue weighted by Crippen LogP contribution is -2.53. The summed E-state index contributed by atoms with van der Waals surface area (Å²) < 4.78 is 35.1. The van der Waals surface area contributed by atoms with E-state index in [1.807, 2.05) is 74.7 Å². The van der Waals surface area contributed by atoms with Gasteiger partial charge in [-0.2, -0.15) is 0 Å². The second kappa shape index (κ2) is 15.6. The van der Waals surface area contributed by atoms with E-state index in [4.69, 9.17) is 4.74 Å². The molecule has 0 bridgehead atoms. The number of nitrogens with zero attached hydrogens (tertiary/aromatic N) is 2. The van der Waals surface area contributed by atoms with Gasteiger partial charge in [0.05, 0.1) is 17.2 Å². The van der Waals surface area contributed by atoms with Gasteiger partial charge >= 0.3 is 0 Å². The van der Waals surface area contributed by atoms with Crippen molar-refractivity contribution in [3.63, 3.8) is 0 Å². The fraction of sp³-hybridized carbons (Fsp3) is 0.257. The molecular weight excluding hydrogens is 607 g/mol. The Labute approximate surface area is 270 Å². The number of carbonyl (C=O) groups excluding carboxylic acids is 2. The fourth-order valence-corrected chi connectivity index (χ4v) is 6.83. The number of hydrogen-bond acceptors (Lipinski definition) is 6. The van der Waals surface area contributed by atoms with Gasteiger partial charge in [0.25, 0.3) is 10.0 Å². The monoisotopic (exact) mass is 645 g/mol. The van der Waals surface area contributed by atoms with Crippen LogP contribution in [-0.4, -0.2) is 57.6 Å². The summed E-state index contributed by atoms with van der Waals surface area (Å²) in [5.41, 5.74) is 3.01. The maximum atomic E-state index is 14.4. The molecule has 1 atom stereocenters. The van der Waals surface area contributed by atoms with E-state index in [1.165, 1.54) is 23.7 Å². The molecule has 10 heteroatoms. The molecule has 1 N–H and O–H groups in total. The zero-order chi connectivity index (χ0) is 32.4. The lowest BCUT2D eigenvalue weighted by atomic mass is 10.0. The molecule has 0 aliphatic rings. The minimum absolute atomic E-state index is 0.0550. The van der Waals surface area contributed by atoms with E-state index >= 15 is 0 Å². The third kappa shape index (κ3) is 8.67. The lowest BCUT2D eigenvalue weighted by Gasteiger charge is -2.33. The SMILES string of the molecule is CCOc1ccc(N(CC(=O)N(Cc2cccc(C)c2)C(Cc2ccccc2)C(=O)NC)S(=O)(=O)c2ccc(SC)cc2)cc1. The molecule has 4 aromatic carbocycles. The number of sulfonamides is 1. The van der Waals surface area contributed by atoms with E-state index < -0.39 is 28.5 Å². The Morgan fingerprint density at radius 2 is 1.56 bits per heavy atom. The Bertz CT molecular complexity index is 1680. The molecule has 236 valence electrons. The first-order chi connectivity index (χ1) is 21.7. The third-order valence-corrected chi connectivity index (χ3v) is 9.85. The highest BCUT2D eigenvalue weighted by Crippen LogP contribution is 2.28. The molecule has 0 radical (unpaired) electrons. The zero-order valence-electron chi connectivity index (χ0n) is 26.0. The molecule has 0 aliphatic carbocycles. The van der Waals surface area contributed by atoms with Crippen molar-refractivity contribution in [2.75, 3.05) is 30.8 Å². The number of ether oxygens (including phenoxy) is 1. The van der Waals surface area contributed by atoms with Crippen LogP contribution in [0.2, 0.25) is 0 Å². The van der Waals surface area contributed by atoms with Crippen LogP contribution in [0.25, 0.3) is 0 Å². The maximum Gasteiger partial charge on any atom is 0.264 e. The molecule has 0 saturated heterocycles. The summed E-state index contributed by atoms with van der Waals surface area (Å²) >= 11 is 1.50. The van der Waals surface area contributed by atoms with Crippen molar-refractivity contribution in [3.05, 3.63) is 120 Å². The van der Waals surface area contributed by atoms with Crippen LogP contribution in [-0.2, 0) is 32.6 Å². The van der Waals surface area contributed by atoms with E-state index in [1.54, 1.807) is 48.5 Å². The third-order valence-electron chi connectivity index (χ3n) is 7.31. The topological polar surface area (TPSA) is 96.0 Å². The number of likely N-dealkylation sites (N-methyl/N-ethyl adjacent to an activating group) is 1. The average molecular weight is 646 g/mol. The highest BCUT2D eigenvalue weighted by Gasteiger charge is 2.34. The molecule has 2 amide bonds. The molecule has 0 spiro atoms. The van der Waals surface area contributed by atoms with Crippen molar-refractivity contribution in [2.24, 2.45) is 0 Å². The molecule has 4 aromatic rings. The summed E-state index contributed by atoms with van der Waals surface area (Å²) in [4.78, 5) is 30.3. The van der Waals surface area contributed by atoms with Gasteiger partial charge in [-0.15, -0.1) is 11.8 Å². The summed E-state index contributed by atoms with van der Waals surface area (Å²) in [6, 6.07) is 29.4. The summed E-state index contributed by atoms with van der Waals surface area (Å²) in [5, 5.41) is 2.71. The van der Waals surface area contributed by atoms with Crippen molar-refractivity contribution in [1.82, 2.24) is 10.2 Å². The molecule has 8 nitrogen and oxygen atoms in total. The molecular formula is C35H39N3O5S2. The predicted octanol–water partition coefficient (Wildman–Crippen LogP) is 5.70. The molecule has 0 aliphatic heterocycles. The summed E-state index contributed by atoms with van der Waals surface area (Å²) in [5.74, 6) is -0.278. The van der Waals surface area contributed by atoms with Crippen molar-refractivity contribution < 1.29 is 22.7 Å². The first-order valence-electron chi connectivity index (χ1n) is 14.7. The van der Waals surface area contributed by atoms with E-state index in [2.05, 4.69) is 5.32 Å². The smallest absolute Gasteiger partial charge is 0.264 e. The Balaban J connectivity index is 1.78. The molecule has 0 saturated carbocycles. The molecule has 4 rings (SSSR count). The average Bonchev–Trinajstić information content (AvgIpc) is 3.06. The van der Waals surface area contributed by atoms with Crippen molar-refractivity contribution in [2.45, 2.75) is 42.6 Å². The first-order valence-corrected chi connectivity index (χ1v) is 17.3. The number of hydrogen-bond donors (Lipinski definition) is 1. The Hall–Kier alpha value is -4.28. The van der Waals surface area contributed by atoms with Crippen molar-refractivity contribution in [3.8, 4) is 5.75 Å². The normalized spacial score (nSPS) is 11.8. The number of anilines is 1. The highest BCUT2D eigenvalue weighted by atomic mass is 32.2. The quantitative estimate of drug-likeness (QED) is 0.177. The number of amides is 2. The van der Waals surface area contributed by atoms with E-state index in [9.17, 15) is 18.0 Å². The van der Waals surface area contributed by atoms with Gasteiger partial charge in [0.15, 0.2) is 0 Å². The van der Waals surface area contributed by atoms with Gasteiger partial charge in [0.1, 0.15) is 18.3 Å². The molecule has 0 aromatic heterocycles. The number of carbonyl (C=O) groups is 2. The molecule has 45 heavy (non-hydrogen) atoms. The minimum atomic E-state index is -4.19. The number of rotatable bonds is 14. The maximum absolute atomic E-state index is 14.4. The van der Waals surface area contributed by atoms with Gasteiger partial charge in [-0.3, -0.25) is 13.9 Å². The Kier molecular flexibility index (Phi) is 11.7. The standard InChI is InChI=1S/C35H39N3O5S2/c1-5-43-30-16-14-29(15-17-30)38(45(41,42)32-20-18-31(44-4)19-21-32)25-34(39)37(24-28-13-9-10-26(2)22-28)33(35(40)36-3)23-27-11-7-6-8-12-27/h6-22,33H,5,23-25H2,1-4H3,(H,36,40). The van der Waals surface area contributed by atoms with Crippen molar-refractivity contribution in [1.29, 1.82) is 0 Å². The van der Waals surface area contributed by atoms with Crippen LogP contribution in [0.1, 0.15) is 23.6 Å². The summed E-state index contributed by atoms with van der Waals surface area (Å²) in [7, 11) is -2.66. The van der Waals surface area contributed by atoms with Gasteiger partial charge in [-0.1, -0.05) is 60.2 Å². The van der Waals surface area contributed by atoms with Crippen LogP contribution < -0.4 is 14.4 Å². The Morgan fingerprint density at radius 3 is 2.16 bits per heavy atom. The van der Waals surface area contributed by atoms with E-state index in [0.29, 0.717) is 18.0 Å². The summed E-state index contributed by atoms with van der Waals surface area (Å²) in [6.45, 7) is 3.87.